The second-order valence-corrected chi connectivity index (χ2v) is 4.79. The number of methoxy groups -OCH3 is 1. The molecule has 0 saturated heterocycles. The number of halogens is 2. The molecule has 0 bridgehead atoms. The number of alkyl halides is 2. The van der Waals surface area contributed by atoms with Crippen molar-refractivity contribution in [3.63, 3.8) is 0 Å². The minimum absolute atomic E-state index is 0.00472. The van der Waals surface area contributed by atoms with Crippen LogP contribution in [0.1, 0.15) is 15.9 Å². The van der Waals surface area contributed by atoms with Gasteiger partial charge in [-0.05, 0) is 29.8 Å². The zero-order chi connectivity index (χ0) is 18.4. The predicted octanol–water partition coefficient (Wildman–Crippen LogP) is 4.10. The summed E-state index contributed by atoms with van der Waals surface area (Å²) in [6.07, 6.45) is 2.65. The molecule has 0 atom stereocenters. The molecule has 0 aliphatic heterocycles. The number of hydrogen-bond acceptors (Lipinski definition) is 5. The van der Waals surface area contributed by atoms with Gasteiger partial charge in [-0.15, -0.1) is 0 Å². The fourth-order valence-electron chi connectivity index (χ4n) is 2.02. The molecule has 25 heavy (non-hydrogen) atoms. The Morgan fingerprint density at radius 3 is 2.60 bits per heavy atom. The number of carbonyl (C=O) groups excluding carboxylic acids is 1. The second-order valence-electron chi connectivity index (χ2n) is 4.79. The maximum atomic E-state index is 12.3. The Kier molecular flexibility index (Phi) is 5.78. The Bertz CT molecular complexity index is 820. The van der Waals surface area contributed by atoms with Crippen molar-refractivity contribution in [1.82, 2.24) is 0 Å². The highest BCUT2D eigenvalue weighted by Crippen LogP contribution is 2.29. The minimum atomic E-state index is -3.01. The summed E-state index contributed by atoms with van der Waals surface area (Å²) in [4.78, 5) is 22.4. The Morgan fingerprint density at radius 1 is 1.20 bits per heavy atom. The van der Waals surface area contributed by atoms with Crippen LogP contribution in [-0.2, 0) is 0 Å². The average Bonchev–Trinajstić information content (AvgIpc) is 2.59. The first-order chi connectivity index (χ1) is 11.9. The van der Waals surface area contributed by atoms with Crippen LogP contribution in [0.2, 0.25) is 0 Å². The van der Waals surface area contributed by atoms with E-state index in [1.165, 1.54) is 55.7 Å². The molecule has 130 valence electrons. The fraction of sp³-hybridized carbons (Fsp3) is 0.118. The van der Waals surface area contributed by atoms with Crippen LogP contribution >= 0.6 is 0 Å². The first-order valence-corrected chi connectivity index (χ1v) is 7.00. The van der Waals surface area contributed by atoms with Gasteiger partial charge in [-0.1, -0.05) is 18.2 Å². The van der Waals surface area contributed by atoms with E-state index in [1.54, 1.807) is 6.07 Å². The summed E-state index contributed by atoms with van der Waals surface area (Å²) in [7, 11) is 1.26. The minimum Gasteiger partial charge on any atom is -0.493 e. The van der Waals surface area contributed by atoms with Crippen LogP contribution in [0.4, 0.5) is 14.5 Å². The number of ether oxygens (including phenoxy) is 2. The van der Waals surface area contributed by atoms with Gasteiger partial charge < -0.3 is 9.47 Å². The van der Waals surface area contributed by atoms with E-state index >= 15 is 0 Å². The molecule has 0 spiro atoms. The predicted molar refractivity (Wildman–Crippen MR) is 86.1 cm³/mol. The Balaban J connectivity index is 2.20. The van der Waals surface area contributed by atoms with Crippen LogP contribution in [-0.4, -0.2) is 24.4 Å². The third-order valence-electron chi connectivity index (χ3n) is 3.17. The third kappa shape index (κ3) is 4.84. The lowest BCUT2D eigenvalue weighted by Gasteiger charge is -2.10. The zero-order valence-corrected chi connectivity index (χ0v) is 13.0. The van der Waals surface area contributed by atoms with Gasteiger partial charge in [0, 0.05) is 17.7 Å². The van der Waals surface area contributed by atoms with E-state index in [2.05, 4.69) is 4.74 Å². The van der Waals surface area contributed by atoms with Gasteiger partial charge in [-0.25, -0.2) is 0 Å². The van der Waals surface area contributed by atoms with E-state index in [0.29, 0.717) is 5.56 Å². The highest BCUT2D eigenvalue weighted by molar-refractivity contribution is 6.07. The summed E-state index contributed by atoms with van der Waals surface area (Å²) in [5, 5.41) is 10.7. The van der Waals surface area contributed by atoms with Crippen molar-refractivity contribution in [2.45, 2.75) is 6.61 Å². The number of nitro groups is 1. The molecular formula is C17H13F2NO5. The van der Waals surface area contributed by atoms with Crippen molar-refractivity contribution >= 4 is 17.5 Å². The molecule has 2 aromatic carbocycles. The number of carbonyl (C=O) groups is 1. The summed E-state index contributed by atoms with van der Waals surface area (Å²) in [5.41, 5.74) is 0.581. The van der Waals surface area contributed by atoms with Gasteiger partial charge in [-0.3, -0.25) is 14.9 Å². The van der Waals surface area contributed by atoms with Crippen LogP contribution in [0.3, 0.4) is 0 Å². The number of hydrogen-bond donors (Lipinski definition) is 0. The van der Waals surface area contributed by atoms with Crippen LogP contribution in [0.25, 0.3) is 6.08 Å². The molecule has 0 saturated carbocycles. The van der Waals surface area contributed by atoms with Gasteiger partial charge in [0.2, 0.25) is 0 Å². The van der Waals surface area contributed by atoms with Crippen molar-refractivity contribution in [1.29, 1.82) is 0 Å². The molecule has 0 unspecified atom stereocenters. The van der Waals surface area contributed by atoms with Crippen LogP contribution in [0, 0.1) is 10.1 Å². The molecule has 2 aromatic rings. The van der Waals surface area contributed by atoms with Crippen molar-refractivity contribution < 1.29 is 28.0 Å². The van der Waals surface area contributed by atoms with E-state index in [1.807, 2.05) is 0 Å². The van der Waals surface area contributed by atoms with Gasteiger partial charge in [0.25, 0.3) is 5.69 Å². The SMILES string of the molecule is COc1cc(C(=O)/C=C/c2cccc([N+](=O)[O-])c2)ccc1OC(F)F. The normalized spacial score (nSPS) is 10.9. The number of rotatable bonds is 7. The lowest BCUT2D eigenvalue weighted by atomic mass is 10.1. The smallest absolute Gasteiger partial charge is 0.387 e. The first-order valence-electron chi connectivity index (χ1n) is 7.00. The Hall–Kier alpha value is -3.29. The van der Waals surface area contributed by atoms with Gasteiger partial charge in [0.05, 0.1) is 12.0 Å². The van der Waals surface area contributed by atoms with Crippen molar-refractivity contribution in [3.05, 3.63) is 69.8 Å². The lowest BCUT2D eigenvalue weighted by molar-refractivity contribution is -0.384. The second kappa shape index (κ2) is 8.00. The highest BCUT2D eigenvalue weighted by atomic mass is 19.3. The molecule has 0 aliphatic rings. The number of benzene rings is 2. The lowest BCUT2D eigenvalue weighted by Crippen LogP contribution is -2.04. The van der Waals surface area contributed by atoms with Crippen molar-refractivity contribution in [2.75, 3.05) is 7.11 Å². The molecule has 8 heteroatoms. The number of ketones is 1. The van der Waals surface area contributed by atoms with Crippen molar-refractivity contribution in [2.24, 2.45) is 0 Å². The molecule has 0 fully saturated rings. The number of nitro benzene ring substituents is 1. The monoisotopic (exact) mass is 349 g/mol. The molecule has 6 nitrogen and oxygen atoms in total. The summed E-state index contributed by atoms with van der Waals surface area (Å²) >= 11 is 0. The van der Waals surface area contributed by atoms with Crippen molar-refractivity contribution in [3.8, 4) is 11.5 Å². The quantitative estimate of drug-likeness (QED) is 0.325. The number of allylic oxidation sites excluding steroid dienone is 1. The summed E-state index contributed by atoms with van der Waals surface area (Å²) in [6, 6.07) is 9.58. The number of non-ortho nitro benzene ring substituents is 1. The molecule has 2 rings (SSSR count). The molecule has 0 heterocycles. The zero-order valence-electron chi connectivity index (χ0n) is 13.0. The van der Waals surface area contributed by atoms with Gasteiger partial charge in [0.15, 0.2) is 17.3 Å². The van der Waals surface area contributed by atoms with E-state index < -0.39 is 17.3 Å². The molecule has 0 amide bonds. The van der Waals surface area contributed by atoms with E-state index in [4.69, 9.17) is 4.74 Å². The maximum Gasteiger partial charge on any atom is 0.387 e. The highest BCUT2D eigenvalue weighted by Gasteiger charge is 2.13. The third-order valence-corrected chi connectivity index (χ3v) is 3.17. The van der Waals surface area contributed by atoms with E-state index in [0.717, 1.165) is 0 Å². The van der Waals surface area contributed by atoms with Gasteiger partial charge in [0.1, 0.15) is 0 Å². The molecule has 0 aromatic heterocycles. The van der Waals surface area contributed by atoms with Gasteiger partial charge in [-0.2, -0.15) is 8.78 Å². The maximum absolute atomic E-state index is 12.3. The van der Waals surface area contributed by atoms with E-state index in [9.17, 15) is 23.7 Å². The van der Waals surface area contributed by atoms with Crippen LogP contribution < -0.4 is 9.47 Å². The molecular weight excluding hydrogens is 336 g/mol. The standard InChI is InChI=1S/C17H13F2NO5/c1-24-16-10-12(6-8-15(16)25-17(18)19)14(21)7-5-11-3-2-4-13(9-11)20(22)23/h2-10,17H,1H3/b7-5+. The topological polar surface area (TPSA) is 78.7 Å². The molecule has 0 aliphatic carbocycles. The Labute approximate surface area is 141 Å². The van der Waals surface area contributed by atoms with Gasteiger partial charge >= 0.3 is 6.61 Å². The number of nitrogens with zero attached hydrogens (tertiary/aromatic N) is 1. The van der Waals surface area contributed by atoms with Crippen LogP contribution in [0.15, 0.2) is 48.5 Å². The fourth-order valence-corrected chi connectivity index (χ4v) is 2.02. The van der Waals surface area contributed by atoms with Crippen LogP contribution in [0.5, 0.6) is 11.5 Å². The molecule has 0 radical (unpaired) electrons. The summed E-state index contributed by atoms with van der Waals surface area (Å²) in [5.74, 6) is -0.611. The largest absolute Gasteiger partial charge is 0.493 e. The first kappa shape index (κ1) is 18.1. The van der Waals surface area contributed by atoms with E-state index in [-0.39, 0.29) is 22.7 Å². The summed E-state index contributed by atoms with van der Waals surface area (Å²) in [6.45, 7) is -3.01. The Morgan fingerprint density at radius 2 is 1.96 bits per heavy atom. The summed E-state index contributed by atoms with van der Waals surface area (Å²) < 4.78 is 33.8. The average molecular weight is 349 g/mol. The molecule has 0 N–H and O–H groups in total.